The Morgan fingerprint density at radius 2 is 1.79 bits per heavy atom. The van der Waals surface area contributed by atoms with Gasteiger partial charge in [0.1, 0.15) is 18.2 Å². The molecular formula is C24H20Cl2FN3O3. The van der Waals surface area contributed by atoms with E-state index in [1.807, 2.05) is 30.3 Å². The second-order valence-corrected chi connectivity index (χ2v) is 7.71. The summed E-state index contributed by atoms with van der Waals surface area (Å²) in [6.07, 6.45) is 1.87. The van der Waals surface area contributed by atoms with Crippen LogP contribution in [0.25, 0.3) is 0 Å². The molecule has 0 saturated carbocycles. The van der Waals surface area contributed by atoms with Crippen LogP contribution < -0.4 is 15.5 Å². The zero-order valence-electron chi connectivity index (χ0n) is 17.4. The van der Waals surface area contributed by atoms with Crippen LogP contribution in [-0.2, 0) is 22.6 Å². The third-order valence-electron chi connectivity index (χ3n) is 4.52. The Morgan fingerprint density at radius 1 is 1.00 bits per heavy atom. The predicted octanol–water partition coefficient (Wildman–Crippen LogP) is 4.52. The van der Waals surface area contributed by atoms with Gasteiger partial charge < -0.3 is 10.1 Å². The molecule has 0 saturated heterocycles. The highest BCUT2D eigenvalue weighted by Gasteiger charge is 2.12. The standard InChI is InChI=1S/C24H20Cl2FN3O3/c25-18-9-10-22(33-15-19-20(26)7-4-8-21(19)27)17(13-18)14-29-30-24(32)23(31)28-12-11-16-5-2-1-3-6-16/h1-10,13-14H,11-12,15H2,(H,28,31)(H,30,32)/b29-14-. The lowest BCUT2D eigenvalue weighted by molar-refractivity contribution is -0.139. The Balaban J connectivity index is 1.56. The summed E-state index contributed by atoms with van der Waals surface area (Å²) < 4.78 is 19.6. The van der Waals surface area contributed by atoms with Gasteiger partial charge in [0, 0.05) is 22.7 Å². The SMILES string of the molecule is O=C(NCCc1ccccc1)C(=O)N/N=C\c1cc(Cl)ccc1OCc1c(F)cccc1Cl. The van der Waals surface area contributed by atoms with Crippen LogP contribution in [0.15, 0.2) is 71.8 Å². The highest BCUT2D eigenvalue weighted by molar-refractivity contribution is 6.35. The summed E-state index contributed by atoms with van der Waals surface area (Å²) in [5.74, 6) is -1.87. The highest BCUT2D eigenvalue weighted by atomic mass is 35.5. The highest BCUT2D eigenvalue weighted by Crippen LogP contribution is 2.25. The molecule has 0 aliphatic rings. The molecule has 3 aromatic rings. The predicted molar refractivity (Wildman–Crippen MR) is 126 cm³/mol. The zero-order valence-corrected chi connectivity index (χ0v) is 18.9. The van der Waals surface area contributed by atoms with Crippen LogP contribution in [0.3, 0.4) is 0 Å². The summed E-state index contributed by atoms with van der Waals surface area (Å²) in [6, 6.07) is 18.6. The third-order valence-corrected chi connectivity index (χ3v) is 5.11. The summed E-state index contributed by atoms with van der Waals surface area (Å²) >= 11 is 12.1. The topological polar surface area (TPSA) is 79.8 Å². The molecule has 170 valence electrons. The van der Waals surface area contributed by atoms with Crippen LogP contribution in [-0.4, -0.2) is 24.6 Å². The van der Waals surface area contributed by atoms with Crippen LogP contribution in [0.4, 0.5) is 4.39 Å². The third kappa shape index (κ3) is 7.30. The Labute approximate surface area is 200 Å². The van der Waals surface area contributed by atoms with Crippen LogP contribution in [0.5, 0.6) is 5.75 Å². The molecule has 0 radical (unpaired) electrons. The maximum atomic E-state index is 14.0. The van der Waals surface area contributed by atoms with Crippen molar-refractivity contribution in [3.8, 4) is 5.75 Å². The molecule has 0 aromatic heterocycles. The van der Waals surface area contributed by atoms with E-state index in [1.54, 1.807) is 24.3 Å². The fraction of sp³-hybridized carbons (Fsp3) is 0.125. The second kappa shape index (κ2) is 12.0. The number of amides is 2. The molecule has 33 heavy (non-hydrogen) atoms. The van der Waals surface area contributed by atoms with Crippen molar-refractivity contribution < 1.29 is 18.7 Å². The Hall–Kier alpha value is -3.42. The van der Waals surface area contributed by atoms with Crippen molar-refractivity contribution in [1.29, 1.82) is 0 Å². The molecule has 9 heteroatoms. The molecule has 2 N–H and O–H groups in total. The first-order valence-electron chi connectivity index (χ1n) is 9.94. The van der Waals surface area contributed by atoms with Gasteiger partial charge in [-0.15, -0.1) is 0 Å². The average molecular weight is 488 g/mol. The van der Waals surface area contributed by atoms with Crippen LogP contribution >= 0.6 is 23.2 Å². The van der Waals surface area contributed by atoms with Gasteiger partial charge in [0.05, 0.1) is 11.2 Å². The maximum Gasteiger partial charge on any atom is 0.329 e. The van der Waals surface area contributed by atoms with E-state index < -0.39 is 17.6 Å². The van der Waals surface area contributed by atoms with Crippen LogP contribution in [0.1, 0.15) is 16.7 Å². The summed E-state index contributed by atoms with van der Waals surface area (Å²) in [5, 5.41) is 6.97. The number of hydrogen-bond acceptors (Lipinski definition) is 4. The minimum atomic E-state index is -0.915. The average Bonchev–Trinajstić information content (AvgIpc) is 2.80. The normalized spacial score (nSPS) is 10.8. The van der Waals surface area contributed by atoms with E-state index in [0.717, 1.165) is 5.56 Å². The van der Waals surface area contributed by atoms with Gasteiger partial charge >= 0.3 is 11.8 Å². The maximum absolute atomic E-state index is 14.0. The minimum Gasteiger partial charge on any atom is -0.488 e. The van der Waals surface area contributed by atoms with Gasteiger partial charge in [0.2, 0.25) is 0 Å². The van der Waals surface area contributed by atoms with E-state index in [-0.39, 0.29) is 17.2 Å². The van der Waals surface area contributed by atoms with Crippen molar-refractivity contribution in [2.45, 2.75) is 13.0 Å². The van der Waals surface area contributed by atoms with Gasteiger partial charge in [0.25, 0.3) is 0 Å². The van der Waals surface area contributed by atoms with Crippen LogP contribution in [0.2, 0.25) is 10.0 Å². The molecule has 0 fully saturated rings. The lowest BCUT2D eigenvalue weighted by Crippen LogP contribution is -2.38. The Bertz CT molecular complexity index is 1140. The molecule has 3 rings (SSSR count). The van der Waals surface area contributed by atoms with Gasteiger partial charge in [-0.2, -0.15) is 5.10 Å². The molecule has 0 atom stereocenters. The number of hydrazone groups is 1. The first-order chi connectivity index (χ1) is 15.9. The van der Waals surface area contributed by atoms with Gasteiger partial charge in [-0.3, -0.25) is 9.59 Å². The minimum absolute atomic E-state index is 0.121. The van der Waals surface area contributed by atoms with Crippen molar-refractivity contribution in [3.05, 3.63) is 99.3 Å². The number of rotatable bonds is 8. The molecule has 0 heterocycles. The largest absolute Gasteiger partial charge is 0.488 e. The van der Waals surface area contributed by atoms with Gasteiger partial charge in [-0.25, -0.2) is 9.82 Å². The molecular weight excluding hydrogens is 468 g/mol. The van der Waals surface area contributed by atoms with Crippen LogP contribution in [0, 0.1) is 5.82 Å². The summed E-state index contributed by atoms with van der Waals surface area (Å²) in [6.45, 7) is 0.190. The van der Waals surface area contributed by atoms with Crippen molar-refractivity contribution >= 4 is 41.2 Å². The van der Waals surface area contributed by atoms with Crippen molar-refractivity contribution in [3.63, 3.8) is 0 Å². The van der Waals surface area contributed by atoms with E-state index in [9.17, 15) is 14.0 Å². The summed E-state index contributed by atoms with van der Waals surface area (Å²) in [7, 11) is 0. The monoisotopic (exact) mass is 487 g/mol. The van der Waals surface area contributed by atoms with Gasteiger partial charge in [-0.1, -0.05) is 59.6 Å². The number of nitrogens with one attached hydrogen (secondary N) is 2. The number of carbonyl (C=O) groups excluding carboxylic acids is 2. The molecule has 3 aromatic carbocycles. The quantitative estimate of drug-likeness (QED) is 0.278. The molecule has 0 aliphatic carbocycles. The lowest BCUT2D eigenvalue weighted by Gasteiger charge is -2.11. The molecule has 2 amide bonds. The van der Waals surface area contributed by atoms with Crippen molar-refractivity contribution in [2.75, 3.05) is 6.54 Å². The fourth-order valence-electron chi connectivity index (χ4n) is 2.83. The van der Waals surface area contributed by atoms with Gasteiger partial charge in [0.15, 0.2) is 0 Å². The number of ether oxygens (including phenoxy) is 1. The first-order valence-corrected chi connectivity index (χ1v) is 10.7. The number of halogens is 3. The molecule has 0 bridgehead atoms. The lowest BCUT2D eigenvalue weighted by atomic mass is 10.1. The Kier molecular flexibility index (Phi) is 8.80. The summed E-state index contributed by atoms with van der Waals surface area (Å²) in [4.78, 5) is 23.9. The molecule has 0 unspecified atom stereocenters. The van der Waals surface area contributed by atoms with E-state index in [2.05, 4.69) is 15.8 Å². The van der Waals surface area contributed by atoms with E-state index in [0.29, 0.717) is 29.3 Å². The van der Waals surface area contributed by atoms with E-state index in [1.165, 1.54) is 18.3 Å². The number of benzene rings is 3. The summed E-state index contributed by atoms with van der Waals surface area (Å²) in [5.41, 5.74) is 3.82. The van der Waals surface area contributed by atoms with Crippen molar-refractivity contribution in [2.24, 2.45) is 5.10 Å². The molecule has 0 spiro atoms. The zero-order chi connectivity index (χ0) is 23.6. The second-order valence-electron chi connectivity index (χ2n) is 6.86. The molecule has 6 nitrogen and oxygen atoms in total. The Morgan fingerprint density at radius 3 is 2.55 bits per heavy atom. The molecule has 0 aliphatic heterocycles. The number of carbonyl (C=O) groups is 2. The van der Waals surface area contributed by atoms with E-state index >= 15 is 0 Å². The first kappa shape index (κ1) is 24.2. The van der Waals surface area contributed by atoms with Crippen molar-refractivity contribution in [1.82, 2.24) is 10.7 Å². The van der Waals surface area contributed by atoms with Gasteiger partial charge in [-0.05, 0) is 42.3 Å². The smallest absolute Gasteiger partial charge is 0.329 e. The fourth-order valence-corrected chi connectivity index (χ4v) is 3.23. The number of nitrogens with zero attached hydrogens (tertiary/aromatic N) is 1. The van der Waals surface area contributed by atoms with E-state index in [4.69, 9.17) is 27.9 Å². The number of hydrogen-bond donors (Lipinski definition) is 2.